The average molecular weight is 254 g/mol. The number of nitro benzene ring substituents is 1. The quantitative estimate of drug-likeness (QED) is 0.562. The van der Waals surface area contributed by atoms with Crippen molar-refractivity contribution in [1.29, 1.82) is 0 Å². The van der Waals surface area contributed by atoms with Crippen LogP contribution in [0.5, 0.6) is 0 Å². The lowest BCUT2D eigenvalue weighted by atomic mass is 9.99. The number of benzene rings is 2. The zero-order valence-electron chi connectivity index (χ0n) is 9.92. The first-order chi connectivity index (χ1) is 9.08. The van der Waals surface area contributed by atoms with E-state index < -0.39 is 10.8 Å². The minimum Gasteiger partial charge on any atom is -0.366 e. The molecule has 3 rings (SSSR count). The van der Waals surface area contributed by atoms with E-state index in [1.807, 2.05) is 6.07 Å². The Morgan fingerprint density at radius 1 is 1.21 bits per heavy atom. The Kier molecular flexibility index (Phi) is 2.35. The summed E-state index contributed by atoms with van der Waals surface area (Å²) in [6.45, 7) is 0. The first-order valence-electron chi connectivity index (χ1n) is 5.77. The molecule has 0 unspecified atom stereocenters. The number of amides is 1. The van der Waals surface area contributed by atoms with Crippen molar-refractivity contribution in [2.24, 2.45) is 5.73 Å². The van der Waals surface area contributed by atoms with Crippen molar-refractivity contribution >= 4 is 11.6 Å². The predicted molar refractivity (Wildman–Crippen MR) is 69.9 cm³/mol. The van der Waals surface area contributed by atoms with Gasteiger partial charge in [-0.05, 0) is 40.8 Å². The largest absolute Gasteiger partial charge is 0.366 e. The van der Waals surface area contributed by atoms with Gasteiger partial charge >= 0.3 is 0 Å². The number of hydrogen-bond acceptors (Lipinski definition) is 3. The van der Waals surface area contributed by atoms with Crippen LogP contribution in [0.25, 0.3) is 11.1 Å². The molecule has 1 aliphatic rings. The molecule has 0 radical (unpaired) electrons. The summed E-state index contributed by atoms with van der Waals surface area (Å²) in [4.78, 5) is 21.8. The minimum atomic E-state index is -0.483. The molecule has 19 heavy (non-hydrogen) atoms. The number of carbonyl (C=O) groups is 1. The summed E-state index contributed by atoms with van der Waals surface area (Å²) in [5, 5.41) is 10.8. The van der Waals surface area contributed by atoms with Crippen LogP contribution in [0, 0.1) is 10.1 Å². The summed E-state index contributed by atoms with van der Waals surface area (Å²) in [6.07, 6.45) is 0.591. The molecule has 0 heterocycles. The van der Waals surface area contributed by atoms with E-state index >= 15 is 0 Å². The predicted octanol–water partition coefficient (Wildman–Crippen LogP) is 2.26. The van der Waals surface area contributed by atoms with E-state index in [1.54, 1.807) is 24.3 Å². The van der Waals surface area contributed by atoms with E-state index in [-0.39, 0.29) is 5.69 Å². The van der Waals surface area contributed by atoms with Crippen LogP contribution in [0.1, 0.15) is 21.5 Å². The van der Waals surface area contributed by atoms with Crippen LogP contribution < -0.4 is 5.73 Å². The van der Waals surface area contributed by atoms with Gasteiger partial charge in [0.15, 0.2) is 0 Å². The molecule has 0 bridgehead atoms. The van der Waals surface area contributed by atoms with Gasteiger partial charge in [0.1, 0.15) is 0 Å². The van der Waals surface area contributed by atoms with Crippen LogP contribution in [0.3, 0.4) is 0 Å². The molecule has 5 heteroatoms. The van der Waals surface area contributed by atoms with Crippen molar-refractivity contribution in [2.75, 3.05) is 0 Å². The summed E-state index contributed by atoms with van der Waals surface area (Å²) in [5.41, 5.74) is 9.40. The zero-order valence-corrected chi connectivity index (χ0v) is 9.92. The Bertz CT molecular complexity index is 723. The van der Waals surface area contributed by atoms with Crippen LogP contribution in [-0.2, 0) is 6.42 Å². The van der Waals surface area contributed by atoms with Crippen LogP contribution in [0.4, 0.5) is 5.69 Å². The number of fused-ring (bicyclic) bond motifs is 3. The lowest BCUT2D eigenvalue weighted by Gasteiger charge is -2.05. The second kappa shape index (κ2) is 3.91. The second-order valence-electron chi connectivity index (χ2n) is 4.48. The number of primary amides is 1. The fourth-order valence-corrected chi connectivity index (χ4v) is 2.56. The standard InChI is InChI=1S/C14H10N2O3/c15-14(17)12-3-1-2-8-6-9-7-10(16(18)19)4-5-11(9)13(8)12/h1-5,7H,6H2,(H2,15,17). The Balaban J connectivity index is 2.23. The Morgan fingerprint density at radius 2 is 2.00 bits per heavy atom. The highest BCUT2D eigenvalue weighted by Gasteiger charge is 2.24. The third kappa shape index (κ3) is 1.67. The van der Waals surface area contributed by atoms with Gasteiger partial charge in [0.05, 0.1) is 4.92 Å². The second-order valence-corrected chi connectivity index (χ2v) is 4.48. The first kappa shape index (κ1) is 11.4. The first-order valence-corrected chi connectivity index (χ1v) is 5.77. The monoisotopic (exact) mass is 254 g/mol. The normalized spacial score (nSPS) is 11.8. The van der Waals surface area contributed by atoms with Crippen molar-refractivity contribution in [3.63, 3.8) is 0 Å². The molecule has 5 nitrogen and oxygen atoms in total. The van der Waals surface area contributed by atoms with E-state index in [9.17, 15) is 14.9 Å². The van der Waals surface area contributed by atoms with E-state index in [0.717, 1.165) is 22.3 Å². The molecule has 94 valence electrons. The molecule has 2 N–H and O–H groups in total. The highest BCUT2D eigenvalue weighted by atomic mass is 16.6. The van der Waals surface area contributed by atoms with E-state index in [0.29, 0.717) is 12.0 Å². The molecular formula is C14H10N2O3. The summed E-state index contributed by atoms with van der Waals surface area (Å²) in [6, 6.07) is 10.1. The number of hydrogen-bond donors (Lipinski definition) is 1. The molecular weight excluding hydrogens is 244 g/mol. The molecule has 0 fully saturated rings. The highest BCUT2D eigenvalue weighted by Crippen LogP contribution is 2.40. The number of rotatable bonds is 2. The van der Waals surface area contributed by atoms with Crippen molar-refractivity contribution in [3.05, 3.63) is 63.2 Å². The number of nitrogens with zero attached hydrogens (tertiary/aromatic N) is 1. The lowest BCUT2D eigenvalue weighted by molar-refractivity contribution is -0.384. The molecule has 0 aliphatic heterocycles. The van der Waals surface area contributed by atoms with Crippen molar-refractivity contribution in [1.82, 2.24) is 0 Å². The SMILES string of the molecule is NC(=O)c1cccc2c1-c1ccc([N+](=O)[O-])cc1C2. The van der Waals surface area contributed by atoms with Crippen LogP contribution in [0.15, 0.2) is 36.4 Å². The van der Waals surface area contributed by atoms with Crippen LogP contribution >= 0.6 is 0 Å². The van der Waals surface area contributed by atoms with E-state index in [2.05, 4.69) is 0 Å². The van der Waals surface area contributed by atoms with Gasteiger partial charge in [0.2, 0.25) is 5.91 Å². The summed E-state index contributed by atoms with van der Waals surface area (Å²) in [7, 11) is 0. The van der Waals surface area contributed by atoms with Crippen molar-refractivity contribution in [3.8, 4) is 11.1 Å². The third-order valence-electron chi connectivity index (χ3n) is 3.37. The van der Waals surface area contributed by atoms with E-state index in [4.69, 9.17) is 5.73 Å². The molecule has 2 aromatic carbocycles. The van der Waals surface area contributed by atoms with Gasteiger partial charge in [-0.3, -0.25) is 14.9 Å². The third-order valence-corrected chi connectivity index (χ3v) is 3.37. The van der Waals surface area contributed by atoms with Gasteiger partial charge in [-0.2, -0.15) is 0 Å². The molecule has 0 aromatic heterocycles. The Hall–Kier alpha value is -2.69. The molecule has 0 saturated heterocycles. The number of nitro groups is 1. The van der Waals surface area contributed by atoms with Gasteiger partial charge in [-0.1, -0.05) is 12.1 Å². The fourth-order valence-electron chi connectivity index (χ4n) is 2.56. The summed E-state index contributed by atoms with van der Waals surface area (Å²) in [5.74, 6) is -0.483. The van der Waals surface area contributed by atoms with Gasteiger partial charge in [-0.25, -0.2) is 0 Å². The van der Waals surface area contributed by atoms with Crippen LogP contribution in [0.2, 0.25) is 0 Å². The number of nitrogens with two attached hydrogens (primary N) is 1. The van der Waals surface area contributed by atoms with Gasteiger partial charge in [-0.15, -0.1) is 0 Å². The fraction of sp³-hybridized carbons (Fsp3) is 0.0714. The zero-order chi connectivity index (χ0) is 13.6. The summed E-state index contributed by atoms with van der Waals surface area (Å²) < 4.78 is 0. The molecule has 0 spiro atoms. The smallest absolute Gasteiger partial charge is 0.269 e. The topological polar surface area (TPSA) is 86.2 Å². The van der Waals surface area contributed by atoms with Gasteiger partial charge in [0.25, 0.3) is 5.69 Å². The molecule has 0 saturated carbocycles. The van der Waals surface area contributed by atoms with E-state index in [1.165, 1.54) is 6.07 Å². The van der Waals surface area contributed by atoms with Crippen molar-refractivity contribution < 1.29 is 9.72 Å². The highest BCUT2D eigenvalue weighted by molar-refractivity contribution is 6.02. The maximum atomic E-state index is 11.5. The molecule has 0 atom stereocenters. The molecule has 1 amide bonds. The van der Waals surface area contributed by atoms with Crippen LogP contribution in [-0.4, -0.2) is 10.8 Å². The molecule has 1 aliphatic carbocycles. The Morgan fingerprint density at radius 3 is 2.68 bits per heavy atom. The van der Waals surface area contributed by atoms with Crippen molar-refractivity contribution in [2.45, 2.75) is 6.42 Å². The summed E-state index contributed by atoms with van der Waals surface area (Å²) >= 11 is 0. The maximum Gasteiger partial charge on any atom is 0.269 e. The minimum absolute atomic E-state index is 0.0622. The van der Waals surface area contributed by atoms with Gasteiger partial charge < -0.3 is 5.73 Å². The Labute approximate surface area is 108 Å². The van der Waals surface area contributed by atoms with Gasteiger partial charge in [0, 0.05) is 17.7 Å². The number of carbonyl (C=O) groups excluding carboxylic acids is 1. The maximum absolute atomic E-state index is 11.5. The molecule has 2 aromatic rings. The average Bonchev–Trinajstić information content (AvgIpc) is 2.75. The lowest BCUT2D eigenvalue weighted by Crippen LogP contribution is -2.12. The number of non-ortho nitro benzene ring substituents is 1.